The highest BCUT2D eigenvalue weighted by atomic mass is 32.2. The van der Waals surface area contributed by atoms with Crippen molar-refractivity contribution in [2.75, 3.05) is 39.4 Å². The third-order valence-corrected chi connectivity index (χ3v) is 6.41. The molecule has 1 saturated heterocycles. The van der Waals surface area contributed by atoms with Crippen LogP contribution in [-0.2, 0) is 9.53 Å². The lowest BCUT2D eigenvalue weighted by Crippen LogP contribution is -2.41. The normalized spacial score (nSPS) is 15.3. The smallest absolute Gasteiger partial charge is 0.221 e. The molecule has 2 N–H and O–H groups in total. The van der Waals surface area contributed by atoms with Gasteiger partial charge in [0, 0.05) is 43.4 Å². The number of aromatic amines is 1. The maximum Gasteiger partial charge on any atom is 0.221 e. The van der Waals surface area contributed by atoms with Crippen LogP contribution < -0.4 is 5.32 Å². The first-order valence-corrected chi connectivity index (χ1v) is 11.6. The average Bonchev–Trinajstić information content (AvgIpc) is 3.29. The van der Waals surface area contributed by atoms with Gasteiger partial charge in [0.25, 0.3) is 0 Å². The second-order valence-electron chi connectivity index (χ2n) is 7.64. The van der Waals surface area contributed by atoms with Crippen LogP contribution in [0.2, 0.25) is 0 Å². The number of ether oxygens (including phenoxy) is 1. The van der Waals surface area contributed by atoms with E-state index in [1.54, 1.807) is 24.3 Å². The van der Waals surface area contributed by atoms with Crippen molar-refractivity contribution in [3.63, 3.8) is 0 Å². The number of aromatic nitrogens is 3. The lowest BCUT2D eigenvalue weighted by Gasteiger charge is -2.26. The summed E-state index contributed by atoms with van der Waals surface area (Å²) in [4.78, 5) is 19.4. The molecule has 1 amide bonds. The van der Waals surface area contributed by atoms with Crippen molar-refractivity contribution >= 4 is 17.7 Å². The van der Waals surface area contributed by atoms with E-state index in [1.807, 2.05) is 0 Å². The van der Waals surface area contributed by atoms with Gasteiger partial charge in [-0.3, -0.25) is 14.8 Å². The molecule has 0 saturated carbocycles. The molecule has 2 heterocycles. The van der Waals surface area contributed by atoms with Crippen LogP contribution in [-0.4, -0.2) is 65.4 Å². The van der Waals surface area contributed by atoms with Gasteiger partial charge in [0.15, 0.2) is 5.82 Å². The van der Waals surface area contributed by atoms with Crippen LogP contribution in [0.5, 0.6) is 0 Å². The SMILES string of the molecule is O=C(C[C@@H](Sc1n[nH]c(-c2ccc(F)cc2)n1)c1ccc(F)cc1)NCCN1CCOCC1. The maximum absolute atomic E-state index is 13.4. The second-order valence-corrected chi connectivity index (χ2v) is 8.81. The zero-order chi connectivity index (χ0) is 23.0. The summed E-state index contributed by atoms with van der Waals surface area (Å²) in [5.41, 5.74) is 1.51. The molecule has 1 aliphatic rings. The Morgan fingerprint density at radius 1 is 1.09 bits per heavy atom. The number of morpholine rings is 1. The van der Waals surface area contributed by atoms with E-state index in [9.17, 15) is 13.6 Å². The number of carbonyl (C=O) groups is 1. The lowest BCUT2D eigenvalue weighted by atomic mass is 10.1. The molecule has 33 heavy (non-hydrogen) atoms. The van der Waals surface area contributed by atoms with Gasteiger partial charge in [0.2, 0.25) is 11.1 Å². The molecule has 10 heteroatoms. The Balaban J connectivity index is 1.40. The lowest BCUT2D eigenvalue weighted by molar-refractivity contribution is -0.121. The van der Waals surface area contributed by atoms with Gasteiger partial charge in [-0.15, -0.1) is 5.10 Å². The Morgan fingerprint density at radius 3 is 2.45 bits per heavy atom. The first kappa shape index (κ1) is 23.3. The molecule has 0 spiro atoms. The van der Waals surface area contributed by atoms with Gasteiger partial charge in [-0.1, -0.05) is 23.9 Å². The van der Waals surface area contributed by atoms with Crippen LogP contribution in [0.4, 0.5) is 8.78 Å². The van der Waals surface area contributed by atoms with Gasteiger partial charge >= 0.3 is 0 Å². The number of carbonyl (C=O) groups excluding carboxylic acids is 1. The molecule has 3 aromatic rings. The summed E-state index contributed by atoms with van der Waals surface area (Å²) in [6.45, 7) is 4.48. The quantitative estimate of drug-likeness (QED) is 0.464. The topological polar surface area (TPSA) is 83.1 Å². The molecule has 1 aromatic heterocycles. The predicted molar refractivity (Wildman–Crippen MR) is 122 cm³/mol. The van der Waals surface area contributed by atoms with Crippen molar-refractivity contribution in [2.45, 2.75) is 16.8 Å². The number of H-pyrrole nitrogens is 1. The largest absolute Gasteiger partial charge is 0.379 e. The Bertz CT molecular complexity index is 1040. The number of nitrogens with one attached hydrogen (secondary N) is 2. The Labute approximate surface area is 194 Å². The van der Waals surface area contributed by atoms with E-state index >= 15 is 0 Å². The molecule has 174 valence electrons. The molecule has 0 radical (unpaired) electrons. The van der Waals surface area contributed by atoms with Crippen LogP contribution in [0.3, 0.4) is 0 Å². The molecular formula is C23H25F2N5O2S. The molecular weight excluding hydrogens is 448 g/mol. The molecule has 1 fully saturated rings. The van der Waals surface area contributed by atoms with E-state index in [0.29, 0.717) is 36.3 Å². The zero-order valence-corrected chi connectivity index (χ0v) is 18.8. The van der Waals surface area contributed by atoms with Crippen molar-refractivity contribution in [1.29, 1.82) is 0 Å². The molecule has 1 aliphatic heterocycles. The summed E-state index contributed by atoms with van der Waals surface area (Å²) >= 11 is 1.32. The fourth-order valence-corrected chi connectivity index (χ4v) is 4.51. The number of hydrogen-bond acceptors (Lipinski definition) is 6. The number of nitrogens with zero attached hydrogens (tertiary/aromatic N) is 3. The van der Waals surface area contributed by atoms with Crippen molar-refractivity contribution < 1.29 is 18.3 Å². The van der Waals surface area contributed by atoms with E-state index in [4.69, 9.17) is 4.74 Å². The summed E-state index contributed by atoms with van der Waals surface area (Å²) in [5.74, 6) is -0.262. The standard InChI is InChI=1S/C23H25F2N5O2S/c24-18-5-1-16(2-6-18)20(15-21(31)26-9-10-30-11-13-32-14-12-30)33-23-27-22(28-29-23)17-3-7-19(25)8-4-17/h1-8,20H,9-15H2,(H,26,31)(H,27,28,29)/t20-/m1/s1. The van der Waals surface area contributed by atoms with Gasteiger partial charge < -0.3 is 10.1 Å². The van der Waals surface area contributed by atoms with Gasteiger partial charge in [0.05, 0.1) is 13.2 Å². The molecule has 7 nitrogen and oxygen atoms in total. The first-order valence-electron chi connectivity index (χ1n) is 10.7. The average molecular weight is 474 g/mol. The number of hydrogen-bond donors (Lipinski definition) is 2. The number of amides is 1. The van der Waals surface area contributed by atoms with Crippen molar-refractivity contribution in [2.24, 2.45) is 0 Å². The number of rotatable bonds is 9. The van der Waals surface area contributed by atoms with Gasteiger partial charge in [-0.05, 0) is 42.0 Å². The molecule has 4 rings (SSSR count). The van der Waals surface area contributed by atoms with Crippen LogP contribution in [0, 0.1) is 11.6 Å². The van der Waals surface area contributed by atoms with Crippen LogP contribution in [0.1, 0.15) is 17.2 Å². The van der Waals surface area contributed by atoms with Gasteiger partial charge in [-0.25, -0.2) is 13.8 Å². The summed E-state index contributed by atoms with van der Waals surface area (Å²) in [5, 5.41) is 10.2. The monoisotopic (exact) mass is 473 g/mol. The zero-order valence-electron chi connectivity index (χ0n) is 18.0. The maximum atomic E-state index is 13.4. The second kappa shape index (κ2) is 11.4. The van der Waals surface area contributed by atoms with E-state index in [1.165, 1.54) is 36.0 Å². The number of halogens is 2. The Morgan fingerprint density at radius 2 is 1.76 bits per heavy atom. The third-order valence-electron chi connectivity index (χ3n) is 5.30. The minimum Gasteiger partial charge on any atom is -0.379 e. The fourth-order valence-electron chi connectivity index (χ4n) is 3.49. The van der Waals surface area contributed by atoms with E-state index in [0.717, 1.165) is 25.2 Å². The highest BCUT2D eigenvalue weighted by Crippen LogP contribution is 2.36. The molecule has 0 aliphatic carbocycles. The summed E-state index contributed by atoms with van der Waals surface area (Å²) in [6.07, 6.45) is 0.194. The van der Waals surface area contributed by atoms with Crippen molar-refractivity contribution in [3.05, 3.63) is 65.7 Å². The minimum atomic E-state index is -0.339. The molecule has 2 aromatic carbocycles. The summed E-state index contributed by atoms with van der Waals surface area (Å²) in [7, 11) is 0. The van der Waals surface area contributed by atoms with Crippen LogP contribution >= 0.6 is 11.8 Å². The van der Waals surface area contributed by atoms with E-state index in [2.05, 4.69) is 25.4 Å². The molecule has 1 atom stereocenters. The summed E-state index contributed by atoms with van der Waals surface area (Å²) < 4.78 is 32.0. The van der Waals surface area contributed by atoms with Crippen LogP contribution in [0.25, 0.3) is 11.4 Å². The van der Waals surface area contributed by atoms with Crippen molar-refractivity contribution in [1.82, 2.24) is 25.4 Å². The van der Waals surface area contributed by atoms with Gasteiger partial charge in [0.1, 0.15) is 11.6 Å². The van der Waals surface area contributed by atoms with Gasteiger partial charge in [-0.2, -0.15) is 0 Å². The van der Waals surface area contributed by atoms with Crippen LogP contribution in [0.15, 0.2) is 53.7 Å². The first-order chi connectivity index (χ1) is 16.1. The number of thioether (sulfide) groups is 1. The number of benzene rings is 2. The minimum absolute atomic E-state index is 0.0978. The fraction of sp³-hybridized carbons (Fsp3) is 0.348. The molecule has 0 unspecified atom stereocenters. The Kier molecular flexibility index (Phi) is 8.03. The van der Waals surface area contributed by atoms with Crippen molar-refractivity contribution in [3.8, 4) is 11.4 Å². The summed E-state index contributed by atoms with van der Waals surface area (Å²) in [6, 6.07) is 12.0. The third kappa shape index (κ3) is 6.83. The van der Waals surface area contributed by atoms with E-state index < -0.39 is 0 Å². The van der Waals surface area contributed by atoms with E-state index in [-0.39, 0.29) is 29.2 Å². The Hall–Kier alpha value is -2.82. The highest BCUT2D eigenvalue weighted by Gasteiger charge is 2.21. The molecule has 0 bridgehead atoms. The predicted octanol–water partition coefficient (Wildman–Crippen LogP) is 3.42. The highest BCUT2D eigenvalue weighted by molar-refractivity contribution is 7.99.